The van der Waals surface area contributed by atoms with E-state index in [9.17, 15) is 18.4 Å². The summed E-state index contributed by atoms with van der Waals surface area (Å²) in [6.45, 7) is 0.104. The van der Waals surface area contributed by atoms with Crippen molar-refractivity contribution in [1.29, 1.82) is 0 Å². The maximum absolute atomic E-state index is 13.1. The lowest BCUT2D eigenvalue weighted by Crippen LogP contribution is -2.28. The number of halogens is 2. The maximum atomic E-state index is 13.1. The van der Waals surface area contributed by atoms with Crippen molar-refractivity contribution in [1.82, 2.24) is 9.88 Å². The van der Waals surface area contributed by atoms with E-state index >= 15 is 0 Å². The Morgan fingerprint density at radius 3 is 2.60 bits per heavy atom. The van der Waals surface area contributed by atoms with Crippen LogP contribution >= 0.6 is 0 Å². The molecule has 0 aliphatic heterocycles. The summed E-state index contributed by atoms with van der Waals surface area (Å²) < 4.78 is 25.9. The molecule has 1 aromatic heterocycles. The SMILES string of the molecule is CN(Cc1ccc(F)c(F)c1)C(=O)c1cccc(=O)[nH]1. The van der Waals surface area contributed by atoms with Gasteiger partial charge in [-0.25, -0.2) is 8.78 Å². The molecule has 0 spiro atoms. The van der Waals surface area contributed by atoms with Crippen LogP contribution in [0.15, 0.2) is 41.2 Å². The molecule has 1 amide bonds. The second-order valence-corrected chi connectivity index (χ2v) is 4.34. The molecule has 1 heterocycles. The van der Waals surface area contributed by atoms with E-state index in [1.54, 1.807) is 0 Å². The number of amides is 1. The van der Waals surface area contributed by atoms with Gasteiger partial charge >= 0.3 is 0 Å². The minimum absolute atomic E-state index is 0.104. The van der Waals surface area contributed by atoms with E-state index in [-0.39, 0.29) is 17.8 Å². The highest BCUT2D eigenvalue weighted by Gasteiger charge is 2.13. The van der Waals surface area contributed by atoms with Crippen molar-refractivity contribution in [3.63, 3.8) is 0 Å². The Morgan fingerprint density at radius 2 is 1.95 bits per heavy atom. The van der Waals surface area contributed by atoms with Gasteiger partial charge in [-0.1, -0.05) is 12.1 Å². The van der Waals surface area contributed by atoms with Gasteiger partial charge < -0.3 is 9.88 Å². The number of carbonyl (C=O) groups is 1. The lowest BCUT2D eigenvalue weighted by atomic mass is 10.2. The molecule has 2 rings (SSSR count). The minimum Gasteiger partial charge on any atom is -0.336 e. The molecule has 0 unspecified atom stereocenters. The molecule has 20 heavy (non-hydrogen) atoms. The lowest BCUT2D eigenvalue weighted by Gasteiger charge is -2.17. The second-order valence-electron chi connectivity index (χ2n) is 4.34. The molecule has 0 saturated heterocycles. The van der Waals surface area contributed by atoms with E-state index in [1.807, 2.05) is 0 Å². The molecule has 2 aromatic rings. The van der Waals surface area contributed by atoms with Crippen molar-refractivity contribution >= 4 is 5.91 Å². The summed E-state index contributed by atoms with van der Waals surface area (Å²) in [4.78, 5) is 26.9. The summed E-state index contributed by atoms with van der Waals surface area (Å²) in [6, 6.07) is 7.69. The second kappa shape index (κ2) is 5.64. The van der Waals surface area contributed by atoms with Crippen LogP contribution in [-0.2, 0) is 6.54 Å². The van der Waals surface area contributed by atoms with Crippen LogP contribution in [0.5, 0.6) is 0 Å². The highest BCUT2D eigenvalue weighted by Crippen LogP contribution is 2.11. The quantitative estimate of drug-likeness (QED) is 0.932. The van der Waals surface area contributed by atoms with E-state index in [2.05, 4.69) is 4.98 Å². The van der Waals surface area contributed by atoms with Gasteiger partial charge in [-0.05, 0) is 23.8 Å². The molecular weight excluding hydrogens is 266 g/mol. The summed E-state index contributed by atoms with van der Waals surface area (Å²) in [5, 5.41) is 0. The number of rotatable bonds is 3. The summed E-state index contributed by atoms with van der Waals surface area (Å²) >= 11 is 0. The van der Waals surface area contributed by atoms with Gasteiger partial charge in [-0.15, -0.1) is 0 Å². The van der Waals surface area contributed by atoms with Crippen molar-refractivity contribution < 1.29 is 13.6 Å². The van der Waals surface area contributed by atoms with Crippen molar-refractivity contribution in [3.8, 4) is 0 Å². The molecule has 0 bridgehead atoms. The van der Waals surface area contributed by atoms with Gasteiger partial charge in [-0.3, -0.25) is 9.59 Å². The predicted octanol–water partition coefficient (Wildman–Crippen LogP) is 1.93. The number of benzene rings is 1. The van der Waals surface area contributed by atoms with E-state index in [0.717, 1.165) is 12.1 Å². The largest absolute Gasteiger partial charge is 0.336 e. The van der Waals surface area contributed by atoms with Gasteiger partial charge in [0.15, 0.2) is 11.6 Å². The highest BCUT2D eigenvalue weighted by molar-refractivity contribution is 5.91. The Bertz CT molecular complexity index is 698. The molecule has 4 nitrogen and oxygen atoms in total. The normalized spacial score (nSPS) is 10.3. The fourth-order valence-electron chi connectivity index (χ4n) is 1.76. The average Bonchev–Trinajstić information content (AvgIpc) is 2.42. The van der Waals surface area contributed by atoms with Gasteiger partial charge in [0.25, 0.3) is 5.91 Å². The number of aromatic nitrogens is 1. The van der Waals surface area contributed by atoms with E-state index in [4.69, 9.17) is 0 Å². The van der Waals surface area contributed by atoms with Gasteiger partial charge in [-0.2, -0.15) is 0 Å². The van der Waals surface area contributed by atoms with Crippen LogP contribution in [-0.4, -0.2) is 22.8 Å². The van der Waals surface area contributed by atoms with Crippen LogP contribution in [0.3, 0.4) is 0 Å². The van der Waals surface area contributed by atoms with Crippen LogP contribution in [0.1, 0.15) is 16.1 Å². The summed E-state index contributed by atoms with van der Waals surface area (Å²) in [7, 11) is 1.51. The third-order valence-corrected chi connectivity index (χ3v) is 2.75. The number of aromatic amines is 1. The summed E-state index contributed by atoms with van der Waals surface area (Å²) in [6.07, 6.45) is 0. The Balaban J connectivity index is 2.15. The van der Waals surface area contributed by atoms with Gasteiger partial charge in [0.1, 0.15) is 5.69 Å². The molecule has 1 aromatic carbocycles. The number of pyridine rings is 1. The van der Waals surface area contributed by atoms with Crippen molar-refractivity contribution in [2.45, 2.75) is 6.54 Å². The lowest BCUT2D eigenvalue weighted by molar-refractivity contribution is 0.0779. The monoisotopic (exact) mass is 278 g/mol. The first-order chi connectivity index (χ1) is 9.47. The fourth-order valence-corrected chi connectivity index (χ4v) is 1.76. The Morgan fingerprint density at radius 1 is 1.20 bits per heavy atom. The van der Waals surface area contributed by atoms with Crippen molar-refractivity contribution in [3.05, 3.63) is 69.6 Å². The Labute approximate surface area is 113 Å². The third kappa shape index (κ3) is 3.09. The van der Waals surface area contributed by atoms with Gasteiger partial charge in [0, 0.05) is 19.7 Å². The zero-order valence-electron chi connectivity index (χ0n) is 10.7. The molecule has 0 aliphatic rings. The number of hydrogen-bond acceptors (Lipinski definition) is 2. The van der Waals surface area contributed by atoms with E-state index in [1.165, 1.54) is 36.2 Å². The topological polar surface area (TPSA) is 53.2 Å². The molecule has 0 radical (unpaired) electrons. The molecule has 104 valence electrons. The number of nitrogens with one attached hydrogen (secondary N) is 1. The number of hydrogen-bond donors (Lipinski definition) is 1. The average molecular weight is 278 g/mol. The Hall–Kier alpha value is -2.50. The first-order valence-electron chi connectivity index (χ1n) is 5.86. The molecule has 0 fully saturated rings. The predicted molar refractivity (Wildman–Crippen MR) is 69.2 cm³/mol. The number of carbonyl (C=O) groups excluding carboxylic acids is 1. The maximum Gasteiger partial charge on any atom is 0.270 e. The van der Waals surface area contributed by atoms with Crippen LogP contribution in [0.2, 0.25) is 0 Å². The fraction of sp³-hybridized carbons (Fsp3) is 0.143. The van der Waals surface area contributed by atoms with E-state index < -0.39 is 17.5 Å². The summed E-state index contributed by atoms with van der Waals surface area (Å²) in [5.74, 6) is -2.31. The van der Waals surface area contributed by atoms with Crippen LogP contribution in [0.25, 0.3) is 0 Å². The number of H-pyrrole nitrogens is 1. The molecule has 0 saturated carbocycles. The zero-order chi connectivity index (χ0) is 14.7. The molecule has 0 aliphatic carbocycles. The minimum atomic E-state index is -0.962. The Kier molecular flexibility index (Phi) is 3.93. The van der Waals surface area contributed by atoms with Gasteiger partial charge in [0.05, 0.1) is 0 Å². The molecule has 6 heteroatoms. The zero-order valence-corrected chi connectivity index (χ0v) is 10.7. The highest BCUT2D eigenvalue weighted by atomic mass is 19.2. The van der Waals surface area contributed by atoms with Gasteiger partial charge in [0.2, 0.25) is 5.56 Å². The smallest absolute Gasteiger partial charge is 0.270 e. The first kappa shape index (κ1) is 13.9. The van der Waals surface area contributed by atoms with Crippen LogP contribution < -0.4 is 5.56 Å². The number of nitrogens with zero attached hydrogens (tertiary/aromatic N) is 1. The molecular formula is C14H12F2N2O2. The third-order valence-electron chi connectivity index (χ3n) is 2.75. The van der Waals surface area contributed by atoms with Crippen LogP contribution in [0.4, 0.5) is 8.78 Å². The van der Waals surface area contributed by atoms with E-state index in [0.29, 0.717) is 5.56 Å². The standard InChI is InChI=1S/C14H12F2N2O2/c1-18(8-9-5-6-10(15)11(16)7-9)14(20)12-3-2-4-13(19)17-12/h2-7H,8H2,1H3,(H,17,19). The van der Waals surface area contributed by atoms with Crippen LogP contribution in [0, 0.1) is 11.6 Å². The first-order valence-corrected chi connectivity index (χ1v) is 5.86. The van der Waals surface area contributed by atoms with Crippen molar-refractivity contribution in [2.24, 2.45) is 0 Å². The molecule has 0 atom stereocenters. The molecule has 1 N–H and O–H groups in total. The van der Waals surface area contributed by atoms with Crippen molar-refractivity contribution in [2.75, 3.05) is 7.05 Å². The summed E-state index contributed by atoms with van der Waals surface area (Å²) in [5.41, 5.74) is 0.220.